The smallest absolute Gasteiger partial charge is 0.267 e. The van der Waals surface area contributed by atoms with E-state index in [-0.39, 0.29) is 5.91 Å². The van der Waals surface area contributed by atoms with Crippen molar-refractivity contribution in [2.24, 2.45) is 5.10 Å². The van der Waals surface area contributed by atoms with E-state index in [0.29, 0.717) is 16.3 Å². The average molecular weight is 352 g/mol. The van der Waals surface area contributed by atoms with Crippen molar-refractivity contribution in [2.75, 3.05) is 0 Å². The van der Waals surface area contributed by atoms with E-state index in [4.69, 9.17) is 11.6 Å². The first-order valence-corrected chi connectivity index (χ1v) is 7.10. The number of nitrogens with one attached hydrogen (secondary N) is 1. The molecule has 20 heavy (non-hydrogen) atoms. The number of hydrogen-bond donors (Lipinski definition) is 1. The first-order valence-electron chi connectivity index (χ1n) is 5.93. The lowest BCUT2D eigenvalue weighted by Crippen LogP contribution is -2.19. The molecule has 0 aliphatic rings. The molecule has 1 N–H and O–H groups in total. The lowest BCUT2D eigenvalue weighted by Gasteiger charge is -2.05. The van der Waals surface area contributed by atoms with Gasteiger partial charge in [-0.15, -0.1) is 0 Å². The zero-order valence-electron chi connectivity index (χ0n) is 10.7. The lowest BCUT2D eigenvalue weighted by atomic mass is 10.1. The van der Waals surface area contributed by atoms with Crippen molar-refractivity contribution in [1.29, 1.82) is 0 Å². The zero-order valence-corrected chi connectivity index (χ0v) is 13.1. The van der Waals surface area contributed by atoms with E-state index in [0.717, 1.165) is 10.0 Å². The van der Waals surface area contributed by atoms with E-state index in [1.54, 1.807) is 31.2 Å². The number of rotatable bonds is 3. The van der Waals surface area contributed by atoms with Crippen molar-refractivity contribution < 1.29 is 4.79 Å². The quantitative estimate of drug-likeness (QED) is 0.651. The Kier molecular flexibility index (Phi) is 4.93. The van der Waals surface area contributed by atoms with Crippen LogP contribution in [0, 0.1) is 0 Å². The van der Waals surface area contributed by atoms with Gasteiger partial charge in [0.1, 0.15) is 0 Å². The van der Waals surface area contributed by atoms with Gasteiger partial charge < -0.3 is 0 Å². The maximum Gasteiger partial charge on any atom is 0.271 e. The molecule has 0 aliphatic carbocycles. The highest BCUT2D eigenvalue weighted by molar-refractivity contribution is 9.10. The Morgan fingerprint density at radius 3 is 2.65 bits per heavy atom. The lowest BCUT2D eigenvalue weighted by molar-refractivity contribution is 0.0955. The van der Waals surface area contributed by atoms with Crippen molar-refractivity contribution >= 4 is 39.1 Å². The fraction of sp³-hybridized carbons (Fsp3) is 0.0667. The molecule has 0 spiro atoms. The summed E-state index contributed by atoms with van der Waals surface area (Å²) in [4.78, 5) is 11.9. The third kappa shape index (κ3) is 3.68. The normalized spacial score (nSPS) is 11.2. The molecule has 0 aliphatic heterocycles. The van der Waals surface area contributed by atoms with Gasteiger partial charge in [0.2, 0.25) is 0 Å². The Morgan fingerprint density at radius 1 is 1.20 bits per heavy atom. The summed E-state index contributed by atoms with van der Waals surface area (Å²) in [7, 11) is 0. The molecule has 1 amide bonds. The van der Waals surface area contributed by atoms with Gasteiger partial charge in [0, 0.05) is 20.6 Å². The number of amides is 1. The Bertz CT molecular complexity index is 670. The van der Waals surface area contributed by atoms with Gasteiger partial charge in [-0.05, 0) is 31.2 Å². The van der Waals surface area contributed by atoms with Crippen molar-refractivity contribution in [3.8, 4) is 0 Å². The Labute approximate surface area is 130 Å². The highest BCUT2D eigenvalue weighted by atomic mass is 79.9. The van der Waals surface area contributed by atoms with E-state index in [1.807, 2.05) is 24.3 Å². The summed E-state index contributed by atoms with van der Waals surface area (Å²) in [6.45, 7) is 1.79. The molecule has 3 nitrogen and oxygen atoms in total. The number of benzene rings is 2. The van der Waals surface area contributed by atoms with Crippen LogP contribution in [0.3, 0.4) is 0 Å². The van der Waals surface area contributed by atoms with E-state index in [1.165, 1.54) is 0 Å². The van der Waals surface area contributed by atoms with Gasteiger partial charge in [-0.1, -0.05) is 51.8 Å². The molecule has 0 unspecified atom stereocenters. The van der Waals surface area contributed by atoms with Crippen molar-refractivity contribution in [2.45, 2.75) is 6.92 Å². The van der Waals surface area contributed by atoms with Crippen LogP contribution in [0.1, 0.15) is 22.8 Å². The Balaban J connectivity index is 2.13. The molecular formula is C15H12BrClN2O. The van der Waals surface area contributed by atoms with Crippen LogP contribution in [0.4, 0.5) is 0 Å². The van der Waals surface area contributed by atoms with E-state index in [9.17, 15) is 4.79 Å². The SMILES string of the molecule is C/C(=N\NC(=O)c1cccc(Br)c1)c1ccccc1Cl. The number of hydrazone groups is 1. The summed E-state index contributed by atoms with van der Waals surface area (Å²) in [6, 6.07) is 14.5. The van der Waals surface area contributed by atoms with Crippen LogP contribution in [-0.2, 0) is 0 Å². The summed E-state index contributed by atoms with van der Waals surface area (Å²) < 4.78 is 0.844. The number of halogens is 2. The second-order valence-corrected chi connectivity index (χ2v) is 5.45. The van der Waals surface area contributed by atoms with Crippen LogP contribution in [-0.4, -0.2) is 11.6 Å². The topological polar surface area (TPSA) is 41.5 Å². The van der Waals surface area contributed by atoms with Gasteiger partial charge in [-0.25, -0.2) is 5.43 Å². The summed E-state index contributed by atoms with van der Waals surface area (Å²) in [6.07, 6.45) is 0. The predicted octanol–water partition coefficient (Wildman–Crippen LogP) is 4.26. The molecular weight excluding hydrogens is 340 g/mol. The number of hydrogen-bond acceptors (Lipinski definition) is 2. The minimum absolute atomic E-state index is 0.266. The summed E-state index contributed by atoms with van der Waals surface area (Å²) in [5.41, 5.74) is 4.51. The molecule has 0 heterocycles. The largest absolute Gasteiger partial charge is 0.271 e. The van der Waals surface area contributed by atoms with Gasteiger partial charge in [0.15, 0.2) is 0 Å². The van der Waals surface area contributed by atoms with Gasteiger partial charge in [0.25, 0.3) is 5.91 Å². The van der Waals surface area contributed by atoms with Crippen molar-refractivity contribution in [3.05, 3.63) is 69.2 Å². The number of carbonyl (C=O) groups excluding carboxylic acids is 1. The number of nitrogens with zero attached hydrogens (tertiary/aromatic N) is 1. The maximum atomic E-state index is 11.9. The van der Waals surface area contributed by atoms with Crippen LogP contribution >= 0.6 is 27.5 Å². The molecule has 102 valence electrons. The van der Waals surface area contributed by atoms with Crippen LogP contribution in [0.5, 0.6) is 0 Å². The van der Waals surface area contributed by atoms with Crippen molar-refractivity contribution in [3.63, 3.8) is 0 Å². The second kappa shape index (κ2) is 6.68. The standard InChI is InChI=1S/C15H12BrClN2O/c1-10(13-7-2-3-8-14(13)17)18-19-15(20)11-5-4-6-12(16)9-11/h2-9H,1H3,(H,19,20)/b18-10+. The predicted molar refractivity (Wildman–Crippen MR) is 85.3 cm³/mol. The van der Waals surface area contributed by atoms with E-state index in [2.05, 4.69) is 26.5 Å². The fourth-order valence-corrected chi connectivity index (χ4v) is 2.32. The van der Waals surface area contributed by atoms with Crippen LogP contribution in [0.25, 0.3) is 0 Å². The van der Waals surface area contributed by atoms with E-state index < -0.39 is 0 Å². The zero-order chi connectivity index (χ0) is 14.5. The van der Waals surface area contributed by atoms with Gasteiger partial charge in [-0.3, -0.25) is 4.79 Å². The summed E-state index contributed by atoms with van der Waals surface area (Å²) >= 11 is 9.40. The highest BCUT2D eigenvalue weighted by Crippen LogP contribution is 2.15. The molecule has 0 saturated heterocycles. The number of carbonyl (C=O) groups is 1. The minimum atomic E-state index is -0.266. The summed E-state index contributed by atoms with van der Waals surface area (Å²) in [5, 5.41) is 4.68. The first-order chi connectivity index (χ1) is 9.58. The van der Waals surface area contributed by atoms with Crippen LogP contribution < -0.4 is 5.43 Å². The molecule has 0 radical (unpaired) electrons. The second-order valence-electron chi connectivity index (χ2n) is 4.13. The monoisotopic (exact) mass is 350 g/mol. The third-order valence-corrected chi connectivity index (χ3v) is 3.50. The van der Waals surface area contributed by atoms with Crippen molar-refractivity contribution in [1.82, 2.24) is 5.43 Å². The molecule has 2 aromatic carbocycles. The molecule has 2 rings (SSSR count). The molecule has 0 aromatic heterocycles. The average Bonchev–Trinajstić information content (AvgIpc) is 2.45. The minimum Gasteiger partial charge on any atom is -0.267 e. The first kappa shape index (κ1) is 14.8. The molecule has 5 heteroatoms. The van der Waals surface area contributed by atoms with Gasteiger partial charge in [0.05, 0.1) is 5.71 Å². The highest BCUT2D eigenvalue weighted by Gasteiger charge is 2.06. The molecule has 0 fully saturated rings. The molecule has 0 bridgehead atoms. The fourth-order valence-electron chi connectivity index (χ4n) is 1.64. The molecule has 0 saturated carbocycles. The molecule has 0 atom stereocenters. The van der Waals surface area contributed by atoms with Crippen LogP contribution in [0.15, 0.2) is 58.1 Å². The Hall–Kier alpha value is -1.65. The molecule has 2 aromatic rings. The third-order valence-electron chi connectivity index (χ3n) is 2.68. The maximum absolute atomic E-state index is 11.9. The Morgan fingerprint density at radius 2 is 1.95 bits per heavy atom. The van der Waals surface area contributed by atoms with E-state index >= 15 is 0 Å². The van der Waals surface area contributed by atoms with Gasteiger partial charge >= 0.3 is 0 Å². The van der Waals surface area contributed by atoms with Crippen LogP contribution in [0.2, 0.25) is 5.02 Å². The van der Waals surface area contributed by atoms with Gasteiger partial charge in [-0.2, -0.15) is 5.10 Å². The summed E-state index contributed by atoms with van der Waals surface area (Å²) in [5.74, 6) is -0.266.